The van der Waals surface area contributed by atoms with Crippen molar-refractivity contribution in [3.8, 4) is 11.6 Å². The van der Waals surface area contributed by atoms with Gasteiger partial charge in [-0.25, -0.2) is 4.68 Å². The highest BCUT2D eigenvalue weighted by Crippen LogP contribution is 2.29. The minimum atomic E-state index is 0.392. The smallest absolute Gasteiger partial charge is 0.222 e. The Morgan fingerprint density at radius 2 is 2.24 bits per heavy atom. The number of rotatable bonds is 3. The molecule has 2 rings (SSSR count). The standard InChI is InChI=1S/C12H12BrClN2O/c1-8-11(7-14)12(16(2)15-8)17-10-5-3-4-9(13)6-10/h3-6H,7H2,1-2H3. The lowest BCUT2D eigenvalue weighted by molar-refractivity contribution is 0.427. The maximum Gasteiger partial charge on any atom is 0.222 e. The predicted octanol–water partition coefficient (Wildman–Crippen LogP) is 4.02. The highest BCUT2D eigenvalue weighted by molar-refractivity contribution is 9.10. The van der Waals surface area contributed by atoms with Crippen LogP contribution in [0.4, 0.5) is 0 Å². The molecular weight excluding hydrogens is 304 g/mol. The maximum atomic E-state index is 5.91. The molecule has 5 heteroatoms. The maximum absolute atomic E-state index is 5.91. The monoisotopic (exact) mass is 314 g/mol. The lowest BCUT2D eigenvalue weighted by atomic mass is 10.3. The summed E-state index contributed by atoms with van der Waals surface area (Å²) < 4.78 is 8.49. The molecule has 0 spiro atoms. The fourth-order valence-corrected chi connectivity index (χ4v) is 2.29. The fraction of sp³-hybridized carbons (Fsp3) is 0.250. The van der Waals surface area contributed by atoms with E-state index in [0.29, 0.717) is 11.8 Å². The molecule has 0 N–H and O–H groups in total. The van der Waals surface area contributed by atoms with Gasteiger partial charge < -0.3 is 4.74 Å². The van der Waals surface area contributed by atoms with Crippen molar-refractivity contribution in [2.24, 2.45) is 7.05 Å². The topological polar surface area (TPSA) is 27.1 Å². The molecule has 2 aromatic rings. The molecule has 0 saturated carbocycles. The second-order valence-corrected chi connectivity index (χ2v) is 4.87. The normalized spacial score (nSPS) is 10.6. The van der Waals surface area contributed by atoms with Crippen LogP contribution in [0.2, 0.25) is 0 Å². The van der Waals surface area contributed by atoms with Crippen LogP contribution >= 0.6 is 27.5 Å². The number of hydrogen-bond donors (Lipinski definition) is 0. The Morgan fingerprint density at radius 1 is 1.47 bits per heavy atom. The van der Waals surface area contributed by atoms with E-state index in [-0.39, 0.29) is 0 Å². The molecule has 0 unspecified atom stereocenters. The quantitative estimate of drug-likeness (QED) is 0.800. The molecule has 17 heavy (non-hydrogen) atoms. The summed E-state index contributed by atoms with van der Waals surface area (Å²) in [6.45, 7) is 1.92. The summed E-state index contributed by atoms with van der Waals surface area (Å²) in [5.74, 6) is 1.84. The lowest BCUT2D eigenvalue weighted by Crippen LogP contribution is -1.96. The van der Waals surface area contributed by atoms with Gasteiger partial charge in [0, 0.05) is 11.5 Å². The van der Waals surface area contributed by atoms with E-state index >= 15 is 0 Å². The number of alkyl halides is 1. The Kier molecular flexibility index (Phi) is 3.74. The summed E-state index contributed by atoms with van der Waals surface area (Å²) in [5, 5.41) is 4.30. The van der Waals surface area contributed by atoms with Crippen molar-refractivity contribution in [1.82, 2.24) is 9.78 Å². The van der Waals surface area contributed by atoms with Gasteiger partial charge in [-0.15, -0.1) is 11.6 Å². The Labute approximate surface area is 113 Å². The average Bonchev–Trinajstić information content (AvgIpc) is 2.53. The third-order valence-corrected chi connectivity index (χ3v) is 3.19. The van der Waals surface area contributed by atoms with Gasteiger partial charge in [-0.2, -0.15) is 5.10 Å². The minimum absolute atomic E-state index is 0.392. The highest BCUT2D eigenvalue weighted by Gasteiger charge is 2.14. The van der Waals surface area contributed by atoms with Gasteiger partial charge in [0.15, 0.2) is 0 Å². The largest absolute Gasteiger partial charge is 0.439 e. The van der Waals surface area contributed by atoms with Crippen LogP contribution in [0, 0.1) is 6.92 Å². The lowest BCUT2D eigenvalue weighted by Gasteiger charge is -2.07. The molecule has 0 fully saturated rings. The van der Waals surface area contributed by atoms with Crippen LogP contribution in [0.1, 0.15) is 11.3 Å². The van der Waals surface area contributed by atoms with Gasteiger partial charge in [0.05, 0.1) is 17.1 Å². The zero-order chi connectivity index (χ0) is 12.4. The van der Waals surface area contributed by atoms with E-state index in [9.17, 15) is 0 Å². The third-order valence-electron chi connectivity index (χ3n) is 2.43. The Bertz CT molecular complexity index is 539. The summed E-state index contributed by atoms with van der Waals surface area (Å²) in [6, 6.07) is 7.66. The molecule has 0 bridgehead atoms. The van der Waals surface area contributed by atoms with Gasteiger partial charge in [-0.3, -0.25) is 0 Å². The number of halogens is 2. The second kappa shape index (κ2) is 5.10. The zero-order valence-electron chi connectivity index (χ0n) is 9.58. The first-order valence-electron chi connectivity index (χ1n) is 5.13. The van der Waals surface area contributed by atoms with Crippen molar-refractivity contribution in [2.75, 3.05) is 0 Å². The van der Waals surface area contributed by atoms with Crippen LogP contribution in [-0.2, 0) is 12.9 Å². The second-order valence-electron chi connectivity index (χ2n) is 3.69. The summed E-state index contributed by atoms with van der Waals surface area (Å²) in [4.78, 5) is 0. The molecular formula is C12H12BrClN2O. The number of aryl methyl sites for hydroxylation is 2. The van der Waals surface area contributed by atoms with Crippen molar-refractivity contribution in [3.05, 3.63) is 40.0 Å². The van der Waals surface area contributed by atoms with Crippen molar-refractivity contribution >= 4 is 27.5 Å². The zero-order valence-corrected chi connectivity index (χ0v) is 11.9. The Morgan fingerprint density at radius 3 is 2.88 bits per heavy atom. The molecule has 0 saturated heterocycles. The Hall–Kier alpha value is -1.000. The average molecular weight is 316 g/mol. The molecule has 0 amide bonds. The molecule has 0 aliphatic heterocycles. The number of aromatic nitrogens is 2. The van der Waals surface area contributed by atoms with Crippen LogP contribution in [0.25, 0.3) is 0 Å². The molecule has 3 nitrogen and oxygen atoms in total. The summed E-state index contributed by atoms with van der Waals surface area (Å²) in [6.07, 6.45) is 0. The molecule has 1 aromatic heterocycles. The van der Waals surface area contributed by atoms with E-state index < -0.39 is 0 Å². The van der Waals surface area contributed by atoms with Gasteiger partial charge >= 0.3 is 0 Å². The number of nitrogens with zero attached hydrogens (tertiary/aromatic N) is 2. The first kappa shape index (κ1) is 12.5. The SMILES string of the molecule is Cc1nn(C)c(Oc2cccc(Br)c2)c1CCl. The first-order chi connectivity index (χ1) is 8.11. The van der Waals surface area contributed by atoms with E-state index in [0.717, 1.165) is 21.5 Å². The summed E-state index contributed by atoms with van der Waals surface area (Å²) in [7, 11) is 1.84. The van der Waals surface area contributed by atoms with E-state index in [4.69, 9.17) is 16.3 Å². The van der Waals surface area contributed by atoms with E-state index in [1.165, 1.54) is 0 Å². The van der Waals surface area contributed by atoms with Gasteiger partial charge in [-0.1, -0.05) is 22.0 Å². The highest BCUT2D eigenvalue weighted by atomic mass is 79.9. The third kappa shape index (κ3) is 2.64. The fourth-order valence-electron chi connectivity index (χ4n) is 1.60. The first-order valence-corrected chi connectivity index (χ1v) is 6.46. The molecule has 0 atom stereocenters. The summed E-state index contributed by atoms with van der Waals surface area (Å²) >= 11 is 9.31. The molecule has 0 aliphatic rings. The minimum Gasteiger partial charge on any atom is -0.439 e. The van der Waals surface area contributed by atoms with Crippen LogP contribution in [0.5, 0.6) is 11.6 Å². The Balaban J connectivity index is 2.36. The van der Waals surface area contributed by atoms with Gasteiger partial charge in [-0.05, 0) is 25.1 Å². The van der Waals surface area contributed by atoms with Crippen LogP contribution < -0.4 is 4.74 Å². The van der Waals surface area contributed by atoms with Crippen molar-refractivity contribution in [1.29, 1.82) is 0 Å². The molecule has 90 valence electrons. The van der Waals surface area contributed by atoms with E-state index in [1.807, 2.05) is 38.2 Å². The molecule has 0 aliphatic carbocycles. The van der Waals surface area contributed by atoms with Gasteiger partial charge in [0.2, 0.25) is 5.88 Å². The molecule has 0 radical (unpaired) electrons. The number of hydrogen-bond acceptors (Lipinski definition) is 2. The van der Waals surface area contributed by atoms with E-state index in [1.54, 1.807) is 4.68 Å². The van der Waals surface area contributed by atoms with E-state index in [2.05, 4.69) is 21.0 Å². The number of benzene rings is 1. The van der Waals surface area contributed by atoms with Crippen molar-refractivity contribution in [2.45, 2.75) is 12.8 Å². The van der Waals surface area contributed by atoms with Crippen LogP contribution in [0.3, 0.4) is 0 Å². The van der Waals surface area contributed by atoms with Crippen LogP contribution in [-0.4, -0.2) is 9.78 Å². The predicted molar refractivity (Wildman–Crippen MR) is 71.7 cm³/mol. The van der Waals surface area contributed by atoms with Crippen molar-refractivity contribution in [3.63, 3.8) is 0 Å². The van der Waals surface area contributed by atoms with Crippen molar-refractivity contribution < 1.29 is 4.74 Å². The van der Waals surface area contributed by atoms with Gasteiger partial charge in [0.25, 0.3) is 0 Å². The van der Waals surface area contributed by atoms with Crippen LogP contribution in [0.15, 0.2) is 28.7 Å². The molecule has 1 aromatic carbocycles. The molecule has 1 heterocycles. The summed E-state index contributed by atoms with van der Waals surface area (Å²) in [5.41, 5.74) is 1.82. The number of ether oxygens (including phenoxy) is 1. The van der Waals surface area contributed by atoms with Gasteiger partial charge in [0.1, 0.15) is 5.75 Å².